The molecule has 2 aliphatic rings. The quantitative estimate of drug-likeness (QED) is 0.616. The van der Waals surface area contributed by atoms with Crippen molar-refractivity contribution in [2.75, 3.05) is 19.6 Å². The number of alkyl halides is 1. The first-order chi connectivity index (χ1) is 11.4. The molecule has 2 aliphatic heterocycles. The van der Waals surface area contributed by atoms with Gasteiger partial charge in [-0.25, -0.2) is 4.79 Å². The van der Waals surface area contributed by atoms with Gasteiger partial charge in [0.15, 0.2) is 5.60 Å². The lowest BCUT2D eigenvalue weighted by atomic mass is 9.71. The number of ether oxygens (including phenoxy) is 2. The van der Waals surface area contributed by atoms with Crippen molar-refractivity contribution < 1.29 is 24.2 Å². The largest absolute Gasteiger partial charge is 0.497 e. The second kappa shape index (κ2) is 5.93. The fourth-order valence-electron chi connectivity index (χ4n) is 3.81. The number of hydrogen-bond acceptors (Lipinski definition) is 5. The maximum absolute atomic E-state index is 12.9. The Labute approximate surface area is 145 Å². The molecule has 7 heteroatoms. The molecule has 130 valence electrons. The molecule has 2 saturated heterocycles. The highest BCUT2D eigenvalue weighted by molar-refractivity contribution is 6.18. The lowest BCUT2D eigenvalue weighted by molar-refractivity contribution is -0.239. The van der Waals surface area contributed by atoms with Crippen molar-refractivity contribution in [3.05, 3.63) is 29.8 Å². The summed E-state index contributed by atoms with van der Waals surface area (Å²) >= 11 is 5.82. The third-order valence-corrected chi connectivity index (χ3v) is 5.50. The van der Waals surface area contributed by atoms with Gasteiger partial charge in [0.2, 0.25) is 11.4 Å². The Hall–Kier alpha value is -1.79. The molecule has 0 saturated carbocycles. The van der Waals surface area contributed by atoms with E-state index >= 15 is 0 Å². The third-order valence-electron chi connectivity index (χ3n) is 5.28. The van der Waals surface area contributed by atoms with Gasteiger partial charge >= 0.3 is 5.97 Å². The number of aliphatic hydroxyl groups excluding tert-OH is 1. The molecule has 0 bridgehead atoms. The first-order valence-electron chi connectivity index (χ1n) is 7.79. The minimum Gasteiger partial charge on any atom is -0.497 e. The molecule has 3 unspecified atom stereocenters. The Morgan fingerprint density at radius 2 is 2.00 bits per heavy atom. The highest BCUT2D eigenvalue weighted by Gasteiger charge is 2.79. The standard InChI is InChI=1S/C17H20ClNO5/c1-16-13(7-8-18)14(21)19(17(16,10-20)15(22)24-16)9-11-3-5-12(23-2)6-4-11/h3-6,13,20H,7-10H2,1-2H3. The first-order valence-corrected chi connectivity index (χ1v) is 8.32. The van der Waals surface area contributed by atoms with E-state index in [0.29, 0.717) is 12.2 Å². The molecule has 2 fully saturated rings. The number of carbonyl (C=O) groups is 2. The summed E-state index contributed by atoms with van der Waals surface area (Å²) in [4.78, 5) is 26.6. The van der Waals surface area contributed by atoms with Crippen molar-refractivity contribution in [1.82, 2.24) is 4.90 Å². The first kappa shape index (κ1) is 17.0. The maximum atomic E-state index is 12.9. The van der Waals surface area contributed by atoms with Crippen LogP contribution in [0.25, 0.3) is 0 Å². The lowest BCUT2D eigenvalue weighted by Gasteiger charge is -2.53. The van der Waals surface area contributed by atoms with Crippen LogP contribution >= 0.6 is 11.6 Å². The van der Waals surface area contributed by atoms with Crippen LogP contribution in [0.2, 0.25) is 0 Å². The number of likely N-dealkylation sites (tertiary alicyclic amines) is 1. The fourth-order valence-corrected chi connectivity index (χ4v) is 4.03. The summed E-state index contributed by atoms with van der Waals surface area (Å²) in [5.41, 5.74) is -1.54. The number of benzene rings is 1. The SMILES string of the molecule is COc1ccc(CN2C(=O)C(CCCl)C3(C)OC(=O)C23CO)cc1. The number of rotatable bonds is 6. The Bertz CT molecular complexity index is 663. The number of amides is 1. The Kier molecular flexibility index (Phi) is 4.21. The van der Waals surface area contributed by atoms with E-state index in [1.165, 1.54) is 4.90 Å². The second-order valence-corrected chi connectivity index (χ2v) is 6.70. The van der Waals surface area contributed by atoms with E-state index in [1.807, 2.05) is 12.1 Å². The zero-order valence-corrected chi connectivity index (χ0v) is 14.4. The van der Waals surface area contributed by atoms with Crippen LogP contribution in [-0.4, -0.2) is 52.6 Å². The third kappa shape index (κ3) is 2.06. The molecular formula is C17H20ClNO5. The van der Waals surface area contributed by atoms with E-state index < -0.39 is 29.6 Å². The van der Waals surface area contributed by atoms with Crippen molar-refractivity contribution in [3.63, 3.8) is 0 Å². The van der Waals surface area contributed by atoms with Crippen LogP contribution in [0, 0.1) is 5.92 Å². The molecule has 0 radical (unpaired) electrons. The van der Waals surface area contributed by atoms with E-state index in [1.54, 1.807) is 26.2 Å². The van der Waals surface area contributed by atoms with E-state index in [0.717, 1.165) is 5.56 Å². The van der Waals surface area contributed by atoms with Crippen molar-refractivity contribution in [3.8, 4) is 5.75 Å². The van der Waals surface area contributed by atoms with Gasteiger partial charge < -0.3 is 19.5 Å². The molecule has 0 spiro atoms. The predicted octanol–water partition coefficient (Wildman–Crippen LogP) is 1.33. The molecule has 3 rings (SSSR count). The Morgan fingerprint density at radius 3 is 2.50 bits per heavy atom. The van der Waals surface area contributed by atoms with Crippen molar-refractivity contribution in [2.24, 2.45) is 5.92 Å². The van der Waals surface area contributed by atoms with Crippen molar-refractivity contribution in [1.29, 1.82) is 0 Å². The number of methoxy groups -OCH3 is 1. The van der Waals surface area contributed by atoms with Crippen LogP contribution in [0.5, 0.6) is 5.75 Å². The van der Waals surface area contributed by atoms with Crippen LogP contribution in [0.3, 0.4) is 0 Å². The van der Waals surface area contributed by atoms with Crippen molar-refractivity contribution >= 4 is 23.5 Å². The zero-order chi connectivity index (χ0) is 17.5. The van der Waals surface area contributed by atoms with Crippen LogP contribution in [0.4, 0.5) is 0 Å². The van der Waals surface area contributed by atoms with Gasteiger partial charge in [-0.2, -0.15) is 0 Å². The lowest BCUT2D eigenvalue weighted by Crippen LogP contribution is -2.76. The molecule has 2 heterocycles. The topological polar surface area (TPSA) is 76.1 Å². The molecule has 0 aliphatic carbocycles. The Morgan fingerprint density at radius 1 is 1.33 bits per heavy atom. The fraction of sp³-hybridized carbons (Fsp3) is 0.529. The van der Waals surface area contributed by atoms with Gasteiger partial charge in [-0.1, -0.05) is 12.1 Å². The summed E-state index contributed by atoms with van der Waals surface area (Å²) in [5, 5.41) is 9.97. The monoisotopic (exact) mass is 353 g/mol. The predicted molar refractivity (Wildman–Crippen MR) is 86.7 cm³/mol. The summed E-state index contributed by atoms with van der Waals surface area (Å²) < 4.78 is 10.5. The highest BCUT2D eigenvalue weighted by atomic mass is 35.5. The molecule has 1 amide bonds. The molecule has 6 nitrogen and oxygen atoms in total. The van der Waals surface area contributed by atoms with E-state index in [4.69, 9.17) is 21.1 Å². The van der Waals surface area contributed by atoms with Gasteiger partial charge in [0.1, 0.15) is 5.75 Å². The van der Waals surface area contributed by atoms with Gasteiger partial charge in [-0.05, 0) is 31.0 Å². The molecule has 24 heavy (non-hydrogen) atoms. The summed E-state index contributed by atoms with van der Waals surface area (Å²) in [6.45, 7) is 1.45. The average Bonchev–Trinajstić information content (AvgIpc) is 2.71. The number of halogens is 1. The van der Waals surface area contributed by atoms with Crippen molar-refractivity contribution in [2.45, 2.75) is 31.0 Å². The molecule has 1 aromatic carbocycles. The normalized spacial score (nSPS) is 31.5. The smallest absolute Gasteiger partial charge is 0.339 e. The van der Waals surface area contributed by atoms with Crippen LogP contribution in [0.1, 0.15) is 18.9 Å². The Balaban J connectivity index is 1.95. The molecule has 1 aromatic rings. The van der Waals surface area contributed by atoms with E-state index in [2.05, 4.69) is 0 Å². The van der Waals surface area contributed by atoms with Gasteiger partial charge in [0, 0.05) is 12.4 Å². The highest BCUT2D eigenvalue weighted by Crippen LogP contribution is 2.55. The van der Waals surface area contributed by atoms with E-state index in [9.17, 15) is 14.7 Å². The number of esters is 1. The number of fused-ring (bicyclic) bond motifs is 1. The minimum atomic E-state index is -1.33. The summed E-state index contributed by atoms with van der Waals surface area (Å²) in [5.74, 6) is -0.337. The summed E-state index contributed by atoms with van der Waals surface area (Å²) in [7, 11) is 1.58. The average molecular weight is 354 g/mol. The number of carbonyl (C=O) groups excluding carboxylic acids is 2. The maximum Gasteiger partial charge on any atom is 0.339 e. The molecule has 1 N–H and O–H groups in total. The van der Waals surface area contributed by atoms with Gasteiger partial charge in [0.05, 0.1) is 19.6 Å². The summed E-state index contributed by atoms with van der Waals surface area (Å²) in [6, 6.07) is 7.23. The van der Waals surface area contributed by atoms with Crippen LogP contribution in [0.15, 0.2) is 24.3 Å². The number of nitrogens with zero attached hydrogens (tertiary/aromatic N) is 1. The van der Waals surface area contributed by atoms with Gasteiger partial charge in [0.25, 0.3) is 0 Å². The van der Waals surface area contributed by atoms with Crippen LogP contribution in [-0.2, 0) is 20.9 Å². The summed E-state index contributed by atoms with van der Waals surface area (Å²) in [6.07, 6.45) is 0.394. The number of hydrogen-bond donors (Lipinski definition) is 1. The molecule has 3 atom stereocenters. The number of aliphatic hydroxyl groups is 1. The minimum absolute atomic E-state index is 0.214. The van der Waals surface area contributed by atoms with E-state index in [-0.39, 0.29) is 18.3 Å². The molecular weight excluding hydrogens is 334 g/mol. The second-order valence-electron chi connectivity index (χ2n) is 6.32. The van der Waals surface area contributed by atoms with Crippen LogP contribution < -0.4 is 4.74 Å². The molecule has 0 aromatic heterocycles. The van der Waals surface area contributed by atoms with Gasteiger partial charge in [-0.15, -0.1) is 11.6 Å². The zero-order valence-electron chi connectivity index (χ0n) is 13.6. The van der Waals surface area contributed by atoms with Gasteiger partial charge in [-0.3, -0.25) is 4.79 Å².